The van der Waals surface area contributed by atoms with Crippen LogP contribution in [0.25, 0.3) is 0 Å². The minimum absolute atomic E-state index is 0.0742. The van der Waals surface area contributed by atoms with E-state index in [9.17, 15) is 8.42 Å². The molecule has 0 radical (unpaired) electrons. The van der Waals surface area contributed by atoms with Crippen LogP contribution in [0, 0.1) is 0 Å². The summed E-state index contributed by atoms with van der Waals surface area (Å²) in [5, 5.41) is 0. The summed E-state index contributed by atoms with van der Waals surface area (Å²) in [6.07, 6.45) is 1.43. The SMILES string of the molecule is CCCCS(=O)(=O)[OH+]S(c1ccccc1)(c1ccccc1)c1ccccc1. The molecule has 0 aliphatic carbocycles. The van der Waals surface area contributed by atoms with E-state index in [1.54, 1.807) is 0 Å². The third-order valence-electron chi connectivity index (χ3n) is 4.23. The Balaban J connectivity index is 2.26. The zero-order valence-corrected chi connectivity index (χ0v) is 17.0. The topological polar surface area (TPSA) is 46.9 Å². The first kappa shape index (κ1) is 19.7. The molecule has 0 bridgehead atoms. The van der Waals surface area contributed by atoms with E-state index in [4.69, 9.17) is 0 Å². The molecule has 27 heavy (non-hydrogen) atoms. The number of hydrogen-bond acceptors (Lipinski definition) is 2. The number of hydrogen-bond donors (Lipinski definition) is 0. The molecule has 0 heterocycles. The van der Waals surface area contributed by atoms with Crippen LogP contribution >= 0.6 is 10.3 Å². The van der Waals surface area contributed by atoms with Crippen LogP contribution in [0.4, 0.5) is 0 Å². The summed E-state index contributed by atoms with van der Waals surface area (Å²) in [5.74, 6) is 0.0742. The fourth-order valence-corrected chi connectivity index (χ4v) is 8.74. The lowest BCUT2D eigenvalue weighted by molar-refractivity contribution is 0.386. The summed E-state index contributed by atoms with van der Waals surface area (Å²) < 4.78 is 30.6. The molecule has 0 aliphatic heterocycles. The predicted octanol–water partition coefficient (Wildman–Crippen LogP) is 6.11. The summed E-state index contributed by atoms with van der Waals surface area (Å²) in [5.41, 5.74) is 0. The van der Waals surface area contributed by atoms with E-state index in [1.807, 2.05) is 97.9 Å². The van der Waals surface area contributed by atoms with Gasteiger partial charge >= 0.3 is 10.1 Å². The molecule has 1 N–H and O–H groups in total. The molecule has 3 aromatic rings. The third kappa shape index (κ3) is 4.43. The molecule has 0 aromatic heterocycles. The van der Waals surface area contributed by atoms with Gasteiger partial charge in [0.2, 0.25) is 0 Å². The minimum Gasteiger partial charge on any atom is -0.262 e. The smallest absolute Gasteiger partial charge is 0.262 e. The summed E-state index contributed by atoms with van der Waals surface area (Å²) in [6, 6.07) is 29.4. The maximum Gasteiger partial charge on any atom is 0.390 e. The largest absolute Gasteiger partial charge is 0.390 e. The third-order valence-corrected chi connectivity index (χ3v) is 9.70. The Kier molecular flexibility index (Phi) is 6.37. The van der Waals surface area contributed by atoms with E-state index in [0.717, 1.165) is 21.1 Å². The highest BCUT2D eigenvalue weighted by molar-refractivity contribution is 8.32. The summed E-state index contributed by atoms with van der Waals surface area (Å²) in [6.45, 7) is 1.99. The van der Waals surface area contributed by atoms with E-state index in [1.165, 1.54) is 0 Å². The van der Waals surface area contributed by atoms with Crippen molar-refractivity contribution in [3.63, 3.8) is 0 Å². The van der Waals surface area contributed by atoms with Crippen LogP contribution in [0.5, 0.6) is 0 Å². The molecular weight excluding hydrogens is 376 g/mol. The zero-order valence-electron chi connectivity index (χ0n) is 15.4. The summed E-state index contributed by atoms with van der Waals surface area (Å²) in [7, 11) is -5.87. The van der Waals surface area contributed by atoms with Gasteiger partial charge in [-0.05, 0) is 42.8 Å². The average Bonchev–Trinajstić information content (AvgIpc) is 2.72. The van der Waals surface area contributed by atoms with Crippen LogP contribution in [0.3, 0.4) is 0 Å². The van der Waals surface area contributed by atoms with Crippen molar-refractivity contribution in [3.05, 3.63) is 91.0 Å². The molecule has 0 unspecified atom stereocenters. The fraction of sp³-hybridized carbons (Fsp3) is 0.182. The van der Waals surface area contributed by atoms with Crippen molar-refractivity contribution in [2.75, 3.05) is 5.75 Å². The van der Waals surface area contributed by atoms with Crippen LogP contribution in [0.15, 0.2) is 106 Å². The quantitative estimate of drug-likeness (QED) is 0.338. The van der Waals surface area contributed by atoms with Crippen molar-refractivity contribution >= 4 is 20.4 Å². The van der Waals surface area contributed by atoms with Crippen LogP contribution in [-0.2, 0) is 10.1 Å². The highest BCUT2D eigenvalue weighted by Gasteiger charge is 2.42. The summed E-state index contributed by atoms with van der Waals surface area (Å²) in [4.78, 5) is 2.76. The van der Waals surface area contributed by atoms with Crippen LogP contribution in [0.2, 0.25) is 0 Å². The van der Waals surface area contributed by atoms with Crippen LogP contribution < -0.4 is 0 Å². The average molecular weight is 402 g/mol. The van der Waals surface area contributed by atoms with Gasteiger partial charge in [0.25, 0.3) is 0 Å². The Hall–Kier alpha value is -2.08. The standard InChI is InChI=1S/C22H24O3S2/c1-2-3-19-26(23,24)25-27(20-13-7-4-8-14-20,21-15-9-5-10-16-21)22-17-11-6-12-18-22/h4-18H,2-3,19H2,1H3/p+1. The highest BCUT2D eigenvalue weighted by atomic mass is 32.3. The first-order valence-corrected chi connectivity index (χ1v) is 12.2. The van der Waals surface area contributed by atoms with Gasteiger partial charge in [0.1, 0.15) is 5.75 Å². The molecule has 0 aliphatic rings. The van der Waals surface area contributed by atoms with Crippen molar-refractivity contribution in [3.8, 4) is 0 Å². The summed E-state index contributed by atoms with van der Waals surface area (Å²) >= 11 is 0. The molecular formula is C22H25O3S2+. The van der Waals surface area contributed by atoms with E-state index in [-0.39, 0.29) is 5.75 Å². The van der Waals surface area contributed by atoms with Gasteiger partial charge in [-0.15, -0.1) is 0 Å². The number of unbranched alkanes of at least 4 members (excludes halogenated alkanes) is 1. The predicted molar refractivity (Wildman–Crippen MR) is 113 cm³/mol. The molecule has 0 atom stereocenters. The Morgan fingerprint density at radius 1 is 0.667 bits per heavy atom. The molecule has 3 nitrogen and oxygen atoms in total. The Morgan fingerprint density at radius 2 is 1.04 bits per heavy atom. The minimum atomic E-state index is -3.58. The normalized spacial score (nSPS) is 12.6. The van der Waals surface area contributed by atoms with Crippen molar-refractivity contribution in [1.82, 2.24) is 0 Å². The molecule has 0 saturated carbocycles. The lowest BCUT2D eigenvalue weighted by atomic mass is 10.4. The van der Waals surface area contributed by atoms with Crippen LogP contribution in [0.1, 0.15) is 19.8 Å². The van der Waals surface area contributed by atoms with Crippen molar-refractivity contribution in [1.29, 1.82) is 0 Å². The van der Waals surface area contributed by atoms with Crippen molar-refractivity contribution in [2.24, 2.45) is 0 Å². The van der Waals surface area contributed by atoms with Crippen molar-refractivity contribution < 1.29 is 12.0 Å². The molecule has 0 fully saturated rings. The molecule has 5 heteroatoms. The second-order valence-corrected chi connectivity index (χ2v) is 11.0. The second kappa shape index (κ2) is 8.74. The van der Waals surface area contributed by atoms with E-state index in [0.29, 0.717) is 6.42 Å². The van der Waals surface area contributed by atoms with Gasteiger partial charge in [0, 0.05) is 0 Å². The highest BCUT2D eigenvalue weighted by Crippen LogP contribution is 2.68. The molecule has 0 amide bonds. The lowest BCUT2D eigenvalue weighted by Gasteiger charge is -2.34. The maximum absolute atomic E-state index is 13.0. The van der Waals surface area contributed by atoms with Gasteiger partial charge in [-0.1, -0.05) is 67.9 Å². The van der Waals surface area contributed by atoms with Gasteiger partial charge in [-0.2, -0.15) is 8.42 Å². The van der Waals surface area contributed by atoms with Crippen molar-refractivity contribution in [2.45, 2.75) is 34.5 Å². The van der Waals surface area contributed by atoms with Crippen LogP contribution in [-0.4, -0.2) is 17.8 Å². The molecule has 0 spiro atoms. The maximum atomic E-state index is 13.0. The zero-order chi connectivity index (χ0) is 19.2. The van der Waals surface area contributed by atoms with Gasteiger partial charge in [-0.3, -0.25) is 3.63 Å². The molecule has 142 valence electrons. The van der Waals surface area contributed by atoms with E-state index in [2.05, 4.69) is 3.63 Å². The van der Waals surface area contributed by atoms with E-state index >= 15 is 0 Å². The Morgan fingerprint density at radius 3 is 1.37 bits per heavy atom. The lowest BCUT2D eigenvalue weighted by Crippen LogP contribution is -2.20. The first-order chi connectivity index (χ1) is 13.1. The number of rotatable bonds is 8. The molecule has 3 aromatic carbocycles. The number of benzene rings is 3. The molecule has 0 saturated heterocycles. The second-order valence-electron chi connectivity index (χ2n) is 6.23. The Bertz CT molecular complexity index is 844. The fourth-order valence-electron chi connectivity index (χ4n) is 2.92. The van der Waals surface area contributed by atoms with Gasteiger partial charge in [-0.25, -0.2) is 0 Å². The van der Waals surface area contributed by atoms with Gasteiger partial charge in [0.05, 0.1) is 25.0 Å². The monoisotopic (exact) mass is 401 g/mol. The van der Waals surface area contributed by atoms with E-state index < -0.39 is 20.4 Å². The van der Waals surface area contributed by atoms with Gasteiger partial charge in [0.15, 0.2) is 0 Å². The first-order valence-electron chi connectivity index (χ1n) is 9.04. The Labute approximate surface area is 163 Å². The van der Waals surface area contributed by atoms with Gasteiger partial charge < -0.3 is 0 Å². The molecule has 3 rings (SSSR count).